The monoisotopic (exact) mass is 402 g/mol. The number of β-lactam (4-membered cyclic amide) rings is 1. The summed E-state index contributed by atoms with van der Waals surface area (Å²) in [4.78, 5) is 36.7. The Morgan fingerprint density at radius 1 is 1.48 bits per heavy atom. The predicted octanol–water partition coefficient (Wildman–Crippen LogP) is 0.191. The Labute approximate surface area is 155 Å². The summed E-state index contributed by atoms with van der Waals surface area (Å²) >= 11 is 4.23. The van der Waals surface area contributed by atoms with E-state index in [1.165, 1.54) is 46.9 Å². The Kier molecular flexibility index (Phi) is 5.61. The predicted molar refractivity (Wildman–Crippen MR) is 91.5 cm³/mol. The van der Waals surface area contributed by atoms with Crippen LogP contribution in [0.3, 0.4) is 0 Å². The number of esters is 2. The van der Waals surface area contributed by atoms with E-state index < -0.39 is 24.8 Å². The van der Waals surface area contributed by atoms with E-state index in [1.807, 2.05) is 0 Å². The lowest BCUT2D eigenvalue weighted by atomic mass is 10.0. The summed E-state index contributed by atoms with van der Waals surface area (Å²) < 4.78 is 14.3. The van der Waals surface area contributed by atoms with Crippen molar-refractivity contribution >= 4 is 52.9 Å². The topological polar surface area (TPSA) is 125 Å². The van der Waals surface area contributed by atoms with Crippen molar-refractivity contribution in [3.63, 3.8) is 0 Å². The SMILES string of the molecule is CC(=O)OCOC(=O)C1=C(CSc2cnns2)CS[C@H]2C(N)C(=O)N12. The van der Waals surface area contributed by atoms with Crippen molar-refractivity contribution in [2.75, 3.05) is 18.3 Å². The lowest BCUT2D eigenvalue weighted by Crippen LogP contribution is -2.68. The second kappa shape index (κ2) is 7.72. The Morgan fingerprint density at radius 3 is 2.96 bits per heavy atom. The summed E-state index contributed by atoms with van der Waals surface area (Å²) in [5.41, 5.74) is 6.74. The van der Waals surface area contributed by atoms with Gasteiger partial charge in [-0.15, -0.1) is 28.6 Å². The van der Waals surface area contributed by atoms with Crippen LogP contribution < -0.4 is 5.73 Å². The molecule has 0 radical (unpaired) electrons. The fourth-order valence-electron chi connectivity index (χ4n) is 2.29. The maximum absolute atomic E-state index is 12.4. The number of thioether (sulfide) groups is 2. The highest BCUT2D eigenvalue weighted by Crippen LogP contribution is 2.41. The molecule has 9 nitrogen and oxygen atoms in total. The van der Waals surface area contributed by atoms with Crippen LogP contribution in [0, 0.1) is 0 Å². The molecule has 134 valence electrons. The van der Waals surface area contributed by atoms with Gasteiger partial charge in [-0.25, -0.2) is 4.79 Å². The Balaban J connectivity index is 1.77. The van der Waals surface area contributed by atoms with Crippen molar-refractivity contribution in [1.29, 1.82) is 0 Å². The van der Waals surface area contributed by atoms with E-state index in [0.29, 0.717) is 11.5 Å². The molecular formula is C13H14N4O5S3. The van der Waals surface area contributed by atoms with Crippen LogP contribution >= 0.6 is 35.1 Å². The van der Waals surface area contributed by atoms with E-state index in [9.17, 15) is 14.4 Å². The highest BCUT2D eigenvalue weighted by molar-refractivity contribution is 8.01. The van der Waals surface area contributed by atoms with Crippen LogP contribution in [0.4, 0.5) is 0 Å². The second-order valence-corrected chi connectivity index (χ2v) is 8.26. The highest BCUT2D eigenvalue weighted by atomic mass is 32.2. The first-order valence-electron chi connectivity index (χ1n) is 7.12. The van der Waals surface area contributed by atoms with E-state index in [4.69, 9.17) is 10.5 Å². The van der Waals surface area contributed by atoms with Gasteiger partial charge in [0.25, 0.3) is 0 Å². The summed E-state index contributed by atoms with van der Waals surface area (Å²) in [5.74, 6) is -0.544. The lowest BCUT2D eigenvalue weighted by molar-refractivity contribution is -0.166. The smallest absolute Gasteiger partial charge is 0.357 e. The van der Waals surface area contributed by atoms with E-state index >= 15 is 0 Å². The number of aromatic nitrogens is 2. The minimum absolute atomic E-state index is 0.188. The van der Waals surface area contributed by atoms with Gasteiger partial charge in [-0.3, -0.25) is 14.5 Å². The van der Waals surface area contributed by atoms with Crippen molar-refractivity contribution < 1.29 is 23.9 Å². The zero-order valence-corrected chi connectivity index (χ0v) is 15.5. The molecule has 0 spiro atoms. The molecular weight excluding hydrogens is 388 g/mol. The van der Waals surface area contributed by atoms with Gasteiger partial charge in [-0.05, 0) is 17.1 Å². The van der Waals surface area contributed by atoms with Crippen LogP contribution in [-0.2, 0) is 23.9 Å². The quantitative estimate of drug-likeness (QED) is 0.305. The zero-order chi connectivity index (χ0) is 18.0. The fourth-order valence-corrected chi connectivity index (χ4v) is 5.15. The third-order valence-electron chi connectivity index (χ3n) is 3.46. The van der Waals surface area contributed by atoms with Crippen LogP contribution in [0.15, 0.2) is 21.7 Å². The number of nitrogens with two attached hydrogens (primary N) is 1. The Hall–Kier alpha value is -1.63. The lowest BCUT2D eigenvalue weighted by Gasteiger charge is -2.48. The first-order chi connectivity index (χ1) is 12.0. The van der Waals surface area contributed by atoms with Gasteiger partial charge >= 0.3 is 11.9 Å². The standard InChI is InChI=1S/C13H14N4O5S3/c1-6(18)21-5-22-13(20)10-7(3-23-8-2-15-16-25-8)4-24-12-9(14)11(19)17(10)12/h2,9,12H,3-5,14H2,1H3/t9?,12-/m0/s1. The number of amides is 1. The van der Waals surface area contributed by atoms with Gasteiger partial charge < -0.3 is 15.2 Å². The van der Waals surface area contributed by atoms with Crippen LogP contribution in [0.1, 0.15) is 6.92 Å². The van der Waals surface area contributed by atoms with Gasteiger partial charge in [0.05, 0.1) is 6.20 Å². The third-order valence-corrected chi connectivity index (χ3v) is 6.75. The maximum atomic E-state index is 12.4. The molecule has 3 rings (SSSR count). The molecule has 0 aliphatic carbocycles. The average molecular weight is 402 g/mol. The van der Waals surface area contributed by atoms with Gasteiger partial charge in [0, 0.05) is 18.4 Å². The molecule has 2 atom stereocenters. The molecule has 1 saturated heterocycles. The summed E-state index contributed by atoms with van der Waals surface area (Å²) in [6, 6.07) is -0.624. The fraction of sp³-hybridized carbons (Fsp3) is 0.462. The summed E-state index contributed by atoms with van der Waals surface area (Å²) in [7, 11) is 0. The van der Waals surface area contributed by atoms with Crippen LogP contribution in [0.5, 0.6) is 0 Å². The second-order valence-electron chi connectivity index (χ2n) is 5.10. The minimum Gasteiger partial charge on any atom is -0.428 e. The van der Waals surface area contributed by atoms with Crippen molar-refractivity contribution in [2.45, 2.75) is 22.5 Å². The first-order valence-corrected chi connectivity index (χ1v) is 9.92. The van der Waals surface area contributed by atoms with E-state index in [-0.39, 0.29) is 17.0 Å². The van der Waals surface area contributed by atoms with Gasteiger partial charge in [-0.2, -0.15) is 0 Å². The van der Waals surface area contributed by atoms with E-state index in [2.05, 4.69) is 14.3 Å². The van der Waals surface area contributed by atoms with Crippen molar-refractivity contribution in [3.05, 3.63) is 17.5 Å². The van der Waals surface area contributed by atoms with Gasteiger partial charge in [0.15, 0.2) is 0 Å². The molecule has 0 aromatic carbocycles. The van der Waals surface area contributed by atoms with Gasteiger partial charge in [0.1, 0.15) is 21.3 Å². The Bertz CT molecular complexity index is 723. The van der Waals surface area contributed by atoms with Crippen molar-refractivity contribution in [1.82, 2.24) is 14.5 Å². The summed E-state index contributed by atoms with van der Waals surface area (Å²) in [5, 5.41) is 3.49. The number of ether oxygens (including phenoxy) is 2. The summed E-state index contributed by atoms with van der Waals surface area (Å²) in [6.07, 6.45) is 1.64. The molecule has 0 saturated carbocycles. The van der Waals surface area contributed by atoms with E-state index in [0.717, 1.165) is 9.78 Å². The van der Waals surface area contributed by atoms with Crippen molar-refractivity contribution in [3.8, 4) is 0 Å². The van der Waals surface area contributed by atoms with Gasteiger partial charge in [-0.1, -0.05) is 4.49 Å². The number of carbonyl (C=O) groups excluding carboxylic acids is 3. The molecule has 3 heterocycles. The first kappa shape index (κ1) is 18.2. The van der Waals surface area contributed by atoms with Crippen LogP contribution in [-0.4, -0.2) is 62.0 Å². The number of hydrogen-bond donors (Lipinski definition) is 1. The largest absolute Gasteiger partial charge is 0.428 e. The van der Waals surface area contributed by atoms with Crippen LogP contribution in [0.2, 0.25) is 0 Å². The third kappa shape index (κ3) is 3.81. The highest BCUT2D eigenvalue weighted by Gasteiger charge is 2.52. The molecule has 1 amide bonds. The summed E-state index contributed by atoms with van der Waals surface area (Å²) in [6.45, 7) is 0.715. The molecule has 12 heteroatoms. The zero-order valence-electron chi connectivity index (χ0n) is 13.0. The number of fused-ring (bicyclic) bond motifs is 1. The number of rotatable bonds is 6. The maximum Gasteiger partial charge on any atom is 0.357 e. The van der Waals surface area contributed by atoms with Crippen molar-refractivity contribution in [2.24, 2.45) is 5.73 Å². The normalized spacial score (nSPS) is 22.3. The molecule has 1 unspecified atom stereocenters. The number of carbonyl (C=O) groups is 3. The molecule has 2 aliphatic heterocycles. The molecule has 2 aliphatic rings. The number of hydrogen-bond acceptors (Lipinski definition) is 11. The van der Waals surface area contributed by atoms with Crippen LogP contribution in [0.25, 0.3) is 0 Å². The number of nitrogens with zero attached hydrogens (tertiary/aromatic N) is 3. The average Bonchev–Trinajstić information content (AvgIpc) is 3.11. The molecule has 1 aromatic heterocycles. The van der Waals surface area contributed by atoms with E-state index in [1.54, 1.807) is 6.20 Å². The molecule has 1 aromatic rings. The molecule has 2 N–H and O–H groups in total. The minimum atomic E-state index is -0.704. The van der Waals surface area contributed by atoms with Gasteiger partial charge in [0.2, 0.25) is 12.7 Å². The molecule has 25 heavy (non-hydrogen) atoms. The molecule has 0 bridgehead atoms. The Morgan fingerprint density at radius 2 is 2.28 bits per heavy atom. The molecule has 1 fully saturated rings.